The van der Waals surface area contributed by atoms with Gasteiger partial charge in [0, 0.05) is 21.9 Å². The highest BCUT2D eigenvalue weighted by Gasteiger charge is 2.21. The van der Waals surface area contributed by atoms with Crippen molar-refractivity contribution in [3.8, 4) is 0 Å². The van der Waals surface area contributed by atoms with Crippen LogP contribution in [-0.4, -0.2) is 6.04 Å². The van der Waals surface area contributed by atoms with Gasteiger partial charge in [-0.15, -0.1) is 11.3 Å². The molecular weight excluding hydrogens is 350 g/mol. The van der Waals surface area contributed by atoms with Crippen molar-refractivity contribution in [2.24, 2.45) is 5.92 Å². The summed E-state index contributed by atoms with van der Waals surface area (Å²) < 4.78 is 2.36. The van der Waals surface area contributed by atoms with Crippen molar-refractivity contribution in [2.45, 2.75) is 45.2 Å². The molecule has 1 saturated carbocycles. The van der Waals surface area contributed by atoms with Gasteiger partial charge in [-0.3, -0.25) is 0 Å². The lowest BCUT2D eigenvalue weighted by Gasteiger charge is -2.19. The fourth-order valence-corrected chi connectivity index (χ4v) is 4.49. The van der Waals surface area contributed by atoms with Gasteiger partial charge in [-0.25, -0.2) is 0 Å². The van der Waals surface area contributed by atoms with E-state index in [1.807, 2.05) is 0 Å². The summed E-state index contributed by atoms with van der Waals surface area (Å²) in [5, 5.41) is 3.65. The van der Waals surface area contributed by atoms with Crippen molar-refractivity contribution in [2.75, 3.05) is 0 Å². The zero-order chi connectivity index (χ0) is 11.5. The minimum atomic E-state index is 0.655. The molecule has 0 aliphatic heterocycles. The lowest BCUT2D eigenvalue weighted by atomic mass is 10.00. The summed E-state index contributed by atoms with van der Waals surface area (Å²) in [5.74, 6) is 0.895. The summed E-state index contributed by atoms with van der Waals surface area (Å²) in [6.07, 6.45) is 5.66. The molecule has 0 bridgehead atoms. The number of thiophene rings is 1. The molecule has 1 aliphatic rings. The Morgan fingerprint density at radius 1 is 1.44 bits per heavy atom. The number of halogens is 2. The second-order valence-electron chi connectivity index (χ2n) is 4.55. The Bertz CT molecular complexity index is 325. The molecule has 0 amide bonds. The number of hydrogen-bond donors (Lipinski definition) is 1. The SMILES string of the molecule is C[C@@H](NCc1cc(Br)c(Br)s1)C1CCCC1. The Labute approximate surface area is 118 Å². The third kappa shape index (κ3) is 3.31. The van der Waals surface area contributed by atoms with E-state index in [-0.39, 0.29) is 0 Å². The molecule has 1 heterocycles. The van der Waals surface area contributed by atoms with Crippen LogP contribution in [0.5, 0.6) is 0 Å². The van der Waals surface area contributed by atoms with Crippen molar-refractivity contribution >= 4 is 43.2 Å². The van der Waals surface area contributed by atoms with E-state index in [0.29, 0.717) is 6.04 Å². The van der Waals surface area contributed by atoms with Gasteiger partial charge in [-0.05, 0) is 63.6 Å². The minimum Gasteiger partial charge on any atom is -0.309 e. The second-order valence-corrected chi connectivity index (χ2v) is 7.86. The Balaban J connectivity index is 1.82. The van der Waals surface area contributed by atoms with Gasteiger partial charge < -0.3 is 5.32 Å². The van der Waals surface area contributed by atoms with E-state index >= 15 is 0 Å². The standard InChI is InChI=1S/C12H17Br2NS/c1-8(9-4-2-3-5-9)15-7-10-6-11(13)12(14)16-10/h6,8-9,15H,2-5,7H2,1H3/t8-/m1/s1. The van der Waals surface area contributed by atoms with Crippen LogP contribution in [-0.2, 0) is 6.54 Å². The van der Waals surface area contributed by atoms with Crippen LogP contribution in [0.1, 0.15) is 37.5 Å². The number of rotatable bonds is 4. The predicted octanol–water partition coefficient (Wildman–Crippen LogP) is 4.94. The first kappa shape index (κ1) is 13.1. The first-order valence-corrected chi connectivity index (χ1v) is 8.24. The first-order valence-electron chi connectivity index (χ1n) is 5.84. The average Bonchev–Trinajstić information content (AvgIpc) is 2.86. The summed E-state index contributed by atoms with van der Waals surface area (Å²) in [4.78, 5) is 1.39. The highest BCUT2D eigenvalue weighted by molar-refractivity contribution is 9.13. The first-order chi connectivity index (χ1) is 7.66. The van der Waals surface area contributed by atoms with Gasteiger partial charge in [-0.2, -0.15) is 0 Å². The molecule has 0 aromatic carbocycles. The highest BCUT2D eigenvalue weighted by atomic mass is 79.9. The topological polar surface area (TPSA) is 12.0 Å². The van der Waals surface area contributed by atoms with Crippen molar-refractivity contribution in [3.63, 3.8) is 0 Å². The van der Waals surface area contributed by atoms with E-state index in [2.05, 4.69) is 50.2 Å². The van der Waals surface area contributed by atoms with E-state index in [9.17, 15) is 0 Å². The number of hydrogen-bond acceptors (Lipinski definition) is 2. The largest absolute Gasteiger partial charge is 0.309 e. The molecule has 0 unspecified atom stereocenters. The van der Waals surface area contributed by atoms with E-state index < -0.39 is 0 Å². The molecule has 1 fully saturated rings. The van der Waals surface area contributed by atoms with Gasteiger partial charge in [0.1, 0.15) is 0 Å². The average molecular weight is 367 g/mol. The fraction of sp³-hybridized carbons (Fsp3) is 0.667. The monoisotopic (exact) mass is 365 g/mol. The molecule has 1 nitrogen and oxygen atoms in total. The summed E-state index contributed by atoms with van der Waals surface area (Å²) in [5.41, 5.74) is 0. The summed E-state index contributed by atoms with van der Waals surface area (Å²) in [6.45, 7) is 3.32. The van der Waals surface area contributed by atoms with Gasteiger partial charge in [0.15, 0.2) is 0 Å². The molecule has 90 valence electrons. The van der Waals surface area contributed by atoms with E-state index in [4.69, 9.17) is 0 Å². The van der Waals surface area contributed by atoms with Crippen LogP contribution < -0.4 is 5.32 Å². The molecule has 1 N–H and O–H groups in total. The third-order valence-corrected chi connectivity index (χ3v) is 6.66. The molecule has 0 spiro atoms. The second kappa shape index (κ2) is 5.98. The Morgan fingerprint density at radius 3 is 2.69 bits per heavy atom. The molecule has 0 saturated heterocycles. The summed E-state index contributed by atoms with van der Waals surface area (Å²) in [7, 11) is 0. The molecule has 4 heteroatoms. The third-order valence-electron chi connectivity index (χ3n) is 3.40. The maximum absolute atomic E-state index is 3.65. The highest BCUT2D eigenvalue weighted by Crippen LogP contribution is 2.33. The maximum atomic E-state index is 3.65. The molecule has 16 heavy (non-hydrogen) atoms. The van der Waals surface area contributed by atoms with Crippen LogP contribution in [0.15, 0.2) is 14.3 Å². The zero-order valence-electron chi connectivity index (χ0n) is 9.43. The van der Waals surface area contributed by atoms with Crippen molar-refractivity contribution in [1.29, 1.82) is 0 Å². The van der Waals surface area contributed by atoms with Crippen LogP contribution in [0.4, 0.5) is 0 Å². The molecular formula is C12H17Br2NS. The normalized spacial score (nSPS) is 19.2. The Hall–Kier alpha value is 0.620. The summed E-state index contributed by atoms with van der Waals surface area (Å²) in [6, 6.07) is 2.85. The van der Waals surface area contributed by atoms with E-state index in [1.165, 1.54) is 38.8 Å². The molecule has 1 aromatic heterocycles. The quantitative estimate of drug-likeness (QED) is 0.795. The van der Waals surface area contributed by atoms with Crippen LogP contribution >= 0.6 is 43.2 Å². The fourth-order valence-electron chi connectivity index (χ4n) is 2.36. The van der Waals surface area contributed by atoms with Gasteiger partial charge in [0.05, 0.1) is 3.79 Å². The van der Waals surface area contributed by atoms with Crippen LogP contribution in [0.3, 0.4) is 0 Å². The Morgan fingerprint density at radius 2 is 2.12 bits per heavy atom. The van der Waals surface area contributed by atoms with Gasteiger partial charge in [0.25, 0.3) is 0 Å². The van der Waals surface area contributed by atoms with Crippen LogP contribution in [0.2, 0.25) is 0 Å². The summed E-state index contributed by atoms with van der Waals surface area (Å²) >= 11 is 8.86. The van der Waals surface area contributed by atoms with Gasteiger partial charge >= 0.3 is 0 Å². The lowest BCUT2D eigenvalue weighted by Crippen LogP contribution is -2.31. The smallest absolute Gasteiger partial charge is 0.0843 e. The predicted molar refractivity (Wildman–Crippen MR) is 78.0 cm³/mol. The van der Waals surface area contributed by atoms with E-state index in [1.54, 1.807) is 11.3 Å². The molecule has 1 atom stereocenters. The lowest BCUT2D eigenvalue weighted by molar-refractivity contribution is 0.381. The van der Waals surface area contributed by atoms with Gasteiger partial charge in [0.2, 0.25) is 0 Å². The van der Waals surface area contributed by atoms with E-state index in [0.717, 1.165) is 12.5 Å². The molecule has 1 aromatic rings. The van der Waals surface area contributed by atoms with Crippen LogP contribution in [0.25, 0.3) is 0 Å². The number of nitrogens with one attached hydrogen (secondary N) is 1. The zero-order valence-corrected chi connectivity index (χ0v) is 13.4. The minimum absolute atomic E-state index is 0.655. The maximum Gasteiger partial charge on any atom is 0.0843 e. The molecule has 0 radical (unpaired) electrons. The van der Waals surface area contributed by atoms with Gasteiger partial charge in [-0.1, -0.05) is 12.8 Å². The van der Waals surface area contributed by atoms with Crippen molar-refractivity contribution < 1.29 is 0 Å². The van der Waals surface area contributed by atoms with Crippen molar-refractivity contribution in [3.05, 3.63) is 19.2 Å². The van der Waals surface area contributed by atoms with Crippen LogP contribution in [0, 0.1) is 5.92 Å². The molecule has 2 rings (SSSR count). The Kier molecular flexibility index (Phi) is 4.89. The molecule has 1 aliphatic carbocycles. The van der Waals surface area contributed by atoms with Crippen molar-refractivity contribution in [1.82, 2.24) is 5.32 Å².